The maximum atomic E-state index is 11.9. The molecule has 5 nitrogen and oxygen atoms in total. The first-order valence-corrected chi connectivity index (χ1v) is 6.33. The summed E-state index contributed by atoms with van der Waals surface area (Å²) in [5, 5.41) is 2.87. The van der Waals surface area contributed by atoms with Crippen LogP contribution in [0.25, 0.3) is 0 Å². The Bertz CT molecular complexity index is 623. The number of imidazole rings is 1. The number of aryl methyl sites for hydroxylation is 1. The molecule has 0 aliphatic heterocycles. The fourth-order valence-corrected chi connectivity index (χ4v) is 1.71. The Balaban J connectivity index is 1.97. The van der Waals surface area contributed by atoms with Gasteiger partial charge in [0.25, 0.3) is 0 Å². The van der Waals surface area contributed by atoms with Gasteiger partial charge in [-0.15, -0.1) is 0 Å². The van der Waals surface area contributed by atoms with Crippen LogP contribution >= 0.6 is 0 Å². The van der Waals surface area contributed by atoms with Crippen LogP contribution in [0.5, 0.6) is 0 Å². The smallest absolute Gasteiger partial charge is 0.226 e. The first-order valence-electron chi connectivity index (χ1n) is 6.33. The largest absolute Gasteiger partial charge is 0.337 e. The van der Waals surface area contributed by atoms with E-state index in [0.29, 0.717) is 25.2 Å². The van der Waals surface area contributed by atoms with Gasteiger partial charge in [0.15, 0.2) is 0 Å². The van der Waals surface area contributed by atoms with Crippen LogP contribution in [0.3, 0.4) is 0 Å². The molecule has 0 bridgehead atoms. The van der Waals surface area contributed by atoms with Gasteiger partial charge in [0.1, 0.15) is 0 Å². The molecular formula is C15H16N4O. The van der Waals surface area contributed by atoms with Gasteiger partial charge in [0.05, 0.1) is 18.6 Å². The minimum absolute atomic E-state index is 0.0549. The maximum Gasteiger partial charge on any atom is 0.226 e. The lowest BCUT2D eigenvalue weighted by molar-refractivity contribution is -0.116. The third-order valence-corrected chi connectivity index (χ3v) is 2.68. The number of rotatable bonds is 4. The van der Waals surface area contributed by atoms with Crippen molar-refractivity contribution >= 4 is 11.6 Å². The normalized spacial score (nSPS) is 9.65. The van der Waals surface area contributed by atoms with E-state index in [4.69, 9.17) is 5.73 Å². The van der Waals surface area contributed by atoms with Gasteiger partial charge in [-0.1, -0.05) is 24.0 Å². The van der Waals surface area contributed by atoms with Gasteiger partial charge >= 0.3 is 0 Å². The Morgan fingerprint density at radius 3 is 3.00 bits per heavy atom. The predicted molar refractivity (Wildman–Crippen MR) is 77.8 cm³/mol. The summed E-state index contributed by atoms with van der Waals surface area (Å²) in [4.78, 5) is 15.8. The maximum absolute atomic E-state index is 11.9. The summed E-state index contributed by atoms with van der Waals surface area (Å²) in [5.74, 6) is 5.67. The van der Waals surface area contributed by atoms with E-state index >= 15 is 0 Å². The Hall–Kier alpha value is -2.58. The molecule has 0 atom stereocenters. The van der Waals surface area contributed by atoms with Gasteiger partial charge in [0, 0.05) is 30.9 Å². The highest BCUT2D eigenvalue weighted by Gasteiger charge is 2.05. The second-order valence-corrected chi connectivity index (χ2v) is 4.15. The molecule has 5 heteroatoms. The van der Waals surface area contributed by atoms with Crippen molar-refractivity contribution in [2.75, 3.05) is 11.9 Å². The average molecular weight is 268 g/mol. The number of carbonyl (C=O) groups is 1. The fraction of sp³-hybridized carbons (Fsp3) is 0.200. The second kappa shape index (κ2) is 7.12. The van der Waals surface area contributed by atoms with Crippen molar-refractivity contribution in [3.63, 3.8) is 0 Å². The zero-order valence-corrected chi connectivity index (χ0v) is 11.0. The molecule has 0 saturated carbocycles. The van der Waals surface area contributed by atoms with E-state index in [-0.39, 0.29) is 5.91 Å². The second-order valence-electron chi connectivity index (χ2n) is 4.15. The molecule has 2 aromatic rings. The number of nitrogens with one attached hydrogen (secondary N) is 1. The molecule has 2 rings (SSSR count). The predicted octanol–water partition coefficient (Wildman–Crippen LogP) is 1.22. The number of aromatic nitrogens is 2. The molecule has 1 aromatic carbocycles. The summed E-state index contributed by atoms with van der Waals surface area (Å²) < 4.78 is 1.86. The average Bonchev–Trinajstić information content (AvgIpc) is 2.97. The number of para-hydroxylation sites is 1. The number of benzene rings is 1. The van der Waals surface area contributed by atoms with Gasteiger partial charge in [-0.05, 0) is 12.1 Å². The van der Waals surface area contributed by atoms with E-state index in [9.17, 15) is 4.79 Å². The number of anilines is 1. The lowest BCUT2D eigenvalue weighted by Crippen LogP contribution is -2.14. The zero-order valence-electron chi connectivity index (χ0n) is 11.0. The topological polar surface area (TPSA) is 72.9 Å². The molecule has 0 aliphatic carbocycles. The first-order chi connectivity index (χ1) is 9.79. The van der Waals surface area contributed by atoms with Gasteiger partial charge in [-0.25, -0.2) is 4.98 Å². The SMILES string of the molecule is NCC#Cc1ccccc1NC(=O)CCn1ccnc1. The molecule has 1 heterocycles. The molecule has 102 valence electrons. The van der Waals surface area contributed by atoms with Crippen molar-refractivity contribution in [2.24, 2.45) is 5.73 Å². The molecule has 0 fully saturated rings. The van der Waals surface area contributed by atoms with Gasteiger partial charge in [0.2, 0.25) is 5.91 Å². The Morgan fingerprint density at radius 1 is 1.40 bits per heavy atom. The van der Waals surface area contributed by atoms with Gasteiger partial charge < -0.3 is 15.6 Å². The molecule has 20 heavy (non-hydrogen) atoms. The molecule has 0 saturated heterocycles. The molecule has 1 amide bonds. The number of nitrogens with two attached hydrogens (primary N) is 1. The number of nitrogens with zero attached hydrogens (tertiary/aromatic N) is 2. The van der Waals surface area contributed by atoms with Crippen LogP contribution in [-0.2, 0) is 11.3 Å². The Labute approximate surface area is 117 Å². The van der Waals surface area contributed by atoms with Crippen LogP contribution in [0.2, 0.25) is 0 Å². The third-order valence-electron chi connectivity index (χ3n) is 2.68. The van der Waals surface area contributed by atoms with Crippen molar-refractivity contribution in [1.29, 1.82) is 0 Å². The lowest BCUT2D eigenvalue weighted by Gasteiger charge is -2.07. The molecule has 0 spiro atoms. The van der Waals surface area contributed by atoms with Crippen LogP contribution in [0, 0.1) is 11.8 Å². The first kappa shape index (κ1) is 13.8. The monoisotopic (exact) mass is 268 g/mol. The standard InChI is InChI=1S/C15H16N4O/c16-8-3-5-13-4-1-2-6-14(13)18-15(20)7-10-19-11-9-17-12-19/h1-2,4,6,9,11-12H,7-8,10,16H2,(H,18,20). The van der Waals surface area contributed by atoms with Crippen molar-refractivity contribution in [3.8, 4) is 11.8 Å². The highest BCUT2D eigenvalue weighted by molar-refractivity contribution is 5.92. The van der Waals surface area contributed by atoms with E-state index in [1.807, 2.05) is 35.0 Å². The molecular weight excluding hydrogens is 252 g/mol. The summed E-state index contributed by atoms with van der Waals surface area (Å²) in [7, 11) is 0. The lowest BCUT2D eigenvalue weighted by atomic mass is 10.1. The molecule has 0 aliphatic rings. The van der Waals surface area contributed by atoms with Crippen LogP contribution in [0.1, 0.15) is 12.0 Å². The van der Waals surface area contributed by atoms with Crippen LogP contribution in [0.4, 0.5) is 5.69 Å². The molecule has 3 N–H and O–H groups in total. The Morgan fingerprint density at radius 2 is 2.25 bits per heavy atom. The van der Waals surface area contributed by atoms with Crippen LogP contribution in [0.15, 0.2) is 43.0 Å². The van der Waals surface area contributed by atoms with E-state index in [2.05, 4.69) is 22.1 Å². The number of carbonyl (C=O) groups excluding carboxylic acids is 1. The number of hydrogen-bond donors (Lipinski definition) is 2. The number of amides is 1. The van der Waals surface area contributed by atoms with Gasteiger partial charge in [-0.3, -0.25) is 4.79 Å². The quantitative estimate of drug-likeness (QED) is 0.819. The Kier molecular flexibility index (Phi) is 4.93. The van der Waals surface area contributed by atoms with Crippen molar-refractivity contribution in [2.45, 2.75) is 13.0 Å². The molecule has 1 aromatic heterocycles. The van der Waals surface area contributed by atoms with E-state index < -0.39 is 0 Å². The third kappa shape index (κ3) is 3.97. The minimum atomic E-state index is -0.0549. The summed E-state index contributed by atoms with van der Waals surface area (Å²) >= 11 is 0. The zero-order chi connectivity index (χ0) is 14.2. The van der Waals surface area contributed by atoms with E-state index in [1.54, 1.807) is 12.5 Å². The number of hydrogen-bond acceptors (Lipinski definition) is 3. The van der Waals surface area contributed by atoms with Crippen molar-refractivity contribution < 1.29 is 4.79 Å². The summed E-state index contributed by atoms with van der Waals surface area (Å²) in [6.45, 7) is 0.894. The summed E-state index contributed by atoms with van der Waals surface area (Å²) in [6, 6.07) is 7.42. The molecule has 0 radical (unpaired) electrons. The van der Waals surface area contributed by atoms with Crippen molar-refractivity contribution in [3.05, 3.63) is 48.5 Å². The van der Waals surface area contributed by atoms with E-state index in [0.717, 1.165) is 5.56 Å². The highest BCUT2D eigenvalue weighted by atomic mass is 16.1. The summed E-state index contributed by atoms with van der Waals surface area (Å²) in [5.41, 5.74) is 6.84. The van der Waals surface area contributed by atoms with Crippen molar-refractivity contribution in [1.82, 2.24) is 9.55 Å². The fourth-order valence-electron chi connectivity index (χ4n) is 1.71. The van der Waals surface area contributed by atoms with Crippen LogP contribution in [-0.4, -0.2) is 22.0 Å². The molecule has 0 unspecified atom stereocenters. The minimum Gasteiger partial charge on any atom is -0.337 e. The highest BCUT2D eigenvalue weighted by Crippen LogP contribution is 2.13. The summed E-state index contributed by atoms with van der Waals surface area (Å²) in [6.07, 6.45) is 5.59. The van der Waals surface area contributed by atoms with Gasteiger partial charge in [-0.2, -0.15) is 0 Å². The van der Waals surface area contributed by atoms with E-state index in [1.165, 1.54) is 0 Å². The van der Waals surface area contributed by atoms with Crippen LogP contribution < -0.4 is 11.1 Å².